The van der Waals surface area contributed by atoms with E-state index in [0.717, 1.165) is 18.9 Å². The van der Waals surface area contributed by atoms with E-state index in [1.165, 1.54) is 43.5 Å². The van der Waals surface area contributed by atoms with Gasteiger partial charge in [0.05, 0.1) is 13.2 Å². The van der Waals surface area contributed by atoms with Crippen molar-refractivity contribution in [2.24, 2.45) is 0 Å². The monoisotopic (exact) mass is 277 g/mol. The van der Waals surface area contributed by atoms with Crippen molar-refractivity contribution in [2.75, 3.05) is 39.5 Å². The lowest BCUT2D eigenvalue weighted by Crippen LogP contribution is -2.32. The average Bonchev–Trinajstić information content (AvgIpc) is 2.46. The highest BCUT2D eigenvalue weighted by Crippen LogP contribution is 2.18. The Balaban J connectivity index is 1.55. The molecule has 20 heavy (non-hydrogen) atoms. The normalized spacial score (nSPS) is 16.3. The molecule has 0 amide bonds. The van der Waals surface area contributed by atoms with Gasteiger partial charge in [-0.3, -0.25) is 0 Å². The first-order valence-corrected chi connectivity index (χ1v) is 7.76. The van der Waals surface area contributed by atoms with Gasteiger partial charge in [-0.1, -0.05) is 24.1 Å². The molecule has 2 rings (SSSR count). The Hall–Kier alpha value is -1.06. The Morgan fingerprint density at radius 2 is 1.80 bits per heavy atom. The van der Waals surface area contributed by atoms with Crippen LogP contribution in [0.25, 0.3) is 0 Å². The molecule has 0 radical (unpaired) electrons. The van der Waals surface area contributed by atoms with E-state index >= 15 is 0 Å². The van der Waals surface area contributed by atoms with E-state index in [0.29, 0.717) is 13.2 Å². The lowest BCUT2D eigenvalue weighted by Gasteiger charge is -2.26. The summed E-state index contributed by atoms with van der Waals surface area (Å²) in [5.41, 5.74) is 2.46. The van der Waals surface area contributed by atoms with Crippen LogP contribution in [0.3, 0.4) is 0 Å². The van der Waals surface area contributed by atoms with Crippen LogP contribution in [0.1, 0.15) is 30.4 Å². The molecule has 0 N–H and O–H groups in total. The summed E-state index contributed by atoms with van der Waals surface area (Å²) in [6.07, 6.45) is 4.08. The zero-order valence-electron chi connectivity index (χ0n) is 12.9. The molecule has 0 aliphatic carbocycles. The number of aryl methyl sites for hydroxylation is 2. The molecule has 1 aromatic rings. The van der Waals surface area contributed by atoms with Crippen LogP contribution in [0.15, 0.2) is 18.2 Å². The lowest BCUT2D eigenvalue weighted by atomic mass is 10.1. The van der Waals surface area contributed by atoms with Crippen LogP contribution in [-0.4, -0.2) is 44.4 Å². The average molecular weight is 277 g/mol. The third-order valence-corrected chi connectivity index (χ3v) is 3.82. The zero-order valence-corrected chi connectivity index (χ0v) is 12.9. The second-order valence-electron chi connectivity index (χ2n) is 5.63. The van der Waals surface area contributed by atoms with Crippen LogP contribution in [0, 0.1) is 13.8 Å². The molecule has 0 bridgehead atoms. The highest BCUT2D eigenvalue weighted by atomic mass is 16.5. The van der Waals surface area contributed by atoms with Crippen LogP contribution in [0.2, 0.25) is 0 Å². The molecule has 0 atom stereocenters. The van der Waals surface area contributed by atoms with Gasteiger partial charge in [-0.05, 0) is 51.4 Å². The molecule has 1 fully saturated rings. The van der Waals surface area contributed by atoms with Crippen molar-refractivity contribution >= 4 is 0 Å². The Kier molecular flexibility index (Phi) is 6.34. The highest BCUT2D eigenvalue weighted by molar-refractivity contribution is 5.35. The van der Waals surface area contributed by atoms with Crippen LogP contribution >= 0.6 is 0 Å². The number of hydrogen-bond acceptors (Lipinski definition) is 3. The minimum absolute atomic E-state index is 0.629. The quantitative estimate of drug-likeness (QED) is 0.715. The molecule has 0 unspecified atom stereocenters. The number of ether oxygens (including phenoxy) is 2. The fourth-order valence-corrected chi connectivity index (χ4v) is 2.65. The lowest BCUT2D eigenvalue weighted by molar-refractivity contribution is 0.0749. The van der Waals surface area contributed by atoms with Crippen molar-refractivity contribution in [3.8, 4) is 5.75 Å². The Bertz CT molecular complexity index is 400. The van der Waals surface area contributed by atoms with Crippen LogP contribution in [0.5, 0.6) is 5.75 Å². The molecule has 1 saturated heterocycles. The summed E-state index contributed by atoms with van der Waals surface area (Å²) in [6, 6.07) is 6.27. The molecule has 0 aromatic heterocycles. The van der Waals surface area contributed by atoms with Gasteiger partial charge in [-0.15, -0.1) is 0 Å². The smallest absolute Gasteiger partial charge is 0.122 e. The van der Waals surface area contributed by atoms with Gasteiger partial charge >= 0.3 is 0 Å². The Labute approximate surface area is 122 Å². The van der Waals surface area contributed by atoms with Gasteiger partial charge in [0, 0.05) is 6.54 Å². The van der Waals surface area contributed by atoms with Crippen molar-refractivity contribution < 1.29 is 9.47 Å². The summed E-state index contributed by atoms with van der Waals surface area (Å²) in [4.78, 5) is 2.49. The van der Waals surface area contributed by atoms with Crippen molar-refractivity contribution in [1.29, 1.82) is 0 Å². The summed E-state index contributed by atoms with van der Waals surface area (Å²) in [5.74, 6) is 0.968. The number of benzene rings is 1. The van der Waals surface area contributed by atoms with Crippen molar-refractivity contribution in [2.45, 2.75) is 33.1 Å². The molecular formula is C17H27NO2. The number of hydrogen-bond donors (Lipinski definition) is 0. The SMILES string of the molecule is Cc1ccc(OCCOCCN2CCCCC2)c(C)c1. The van der Waals surface area contributed by atoms with E-state index in [1.807, 2.05) is 6.07 Å². The first-order chi connectivity index (χ1) is 9.75. The predicted molar refractivity (Wildman–Crippen MR) is 82.5 cm³/mol. The molecule has 3 nitrogen and oxygen atoms in total. The fraction of sp³-hybridized carbons (Fsp3) is 0.647. The number of piperidine rings is 1. The molecule has 0 spiro atoms. The molecule has 3 heteroatoms. The molecule has 1 aliphatic rings. The maximum atomic E-state index is 5.75. The van der Waals surface area contributed by atoms with Crippen LogP contribution < -0.4 is 4.74 Å². The number of rotatable bonds is 7. The van der Waals surface area contributed by atoms with Crippen LogP contribution in [0.4, 0.5) is 0 Å². The summed E-state index contributed by atoms with van der Waals surface area (Å²) >= 11 is 0. The van der Waals surface area contributed by atoms with Crippen molar-refractivity contribution in [3.63, 3.8) is 0 Å². The third-order valence-electron chi connectivity index (χ3n) is 3.82. The van der Waals surface area contributed by atoms with E-state index < -0.39 is 0 Å². The predicted octanol–water partition coefficient (Wildman–Crippen LogP) is 3.18. The third kappa shape index (κ3) is 5.14. The van der Waals surface area contributed by atoms with Gasteiger partial charge in [0.25, 0.3) is 0 Å². The maximum absolute atomic E-state index is 5.75. The summed E-state index contributed by atoms with van der Waals surface area (Å²) < 4.78 is 11.4. The molecule has 112 valence electrons. The van der Waals surface area contributed by atoms with E-state index in [1.54, 1.807) is 0 Å². The topological polar surface area (TPSA) is 21.7 Å². The van der Waals surface area contributed by atoms with Gasteiger partial charge in [0.15, 0.2) is 0 Å². The van der Waals surface area contributed by atoms with E-state index in [2.05, 4.69) is 30.9 Å². The minimum Gasteiger partial charge on any atom is -0.491 e. The summed E-state index contributed by atoms with van der Waals surface area (Å²) in [7, 11) is 0. The van der Waals surface area contributed by atoms with Gasteiger partial charge in [0.2, 0.25) is 0 Å². The molecule has 0 saturated carbocycles. The molecule has 1 aliphatic heterocycles. The van der Waals surface area contributed by atoms with Gasteiger partial charge < -0.3 is 14.4 Å². The first-order valence-electron chi connectivity index (χ1n) is 7.76. The minimum atomic E-state index is 0.629. The number of likely N-dealkylation sites (tertiary alicyclic amines) is 1. The first kappa shape index (κ1) is 15.3. The largest absolute Gasteiger partial charge is 0.491 e. The second kappa shape index (κ2) is 8.28. The van der Waals surface area contributed by atoms with Gasteiger partial charge in [0.1, 0.15) is 12.4 Å². The second-order valence-corrected chi connectivity index (χ2v) is 5.63. The summed E-state index contributed by atoms with van der Waals surface area (Å²) in [5, 5.41) is 0. The highest BCUT2D eigenvalue weighted by Gasteiger charge is 2.08. The van der Waals surface area contributed by atoms with Gasteiger partial charge in [-0.25, -0.2) is 0 Å². The van der Waals surface area contributed by atoms with E-state index in [4.69, 9.17) is 9.47 Å². The molecule has 1 heterocycles. The van der Waals surface area contributed by atoms with Crippen molar-refractivity contribution in [3.05, 3.63) is 29.3 Å². The molecule has 1 aromatic carbocycles. The maximum Gasteiger partial charge on any atom is 0.122 e. The van der Waals surface area contributed by atoms with Crippen molar-refractivity contribution in [1.82, 2.24) is 4.90 Å². The number of nitrogens with zero attached hydrogens (tertiary/aromatic N) is 1. The Morgan fingerprint density at radius 3 is 2.55 bits per heavy atom. The fourth-order valence-electron chi connectivity index (χ4n) is 2.65. The van der Waals surface area contributed by atoms with Crippen LogP contribution in [-0.2, 0) is 4.74 Å². The summed E-state index contributed by atoms with van der Waals surface area (Å²) in [6.45, 7) is 9.83. The van der Waals surface area contributed by atoms with Gasteiger partial charge in [-0.2, -0.15) is 0 Å². The zero-order chi connectivity index (χ0) is 14.2. The Morgan fingerprint density at radius 1 is 1.00 bits per heavy atom. The molecular weight excluding hydrogens is 250 g/mol. The van der Waals surface area contributed by atoms with E-state index in [-0.39, 0.29) is 0 Å². The standard InChI is InChI=1S/C17H27NO2/c1-15-6-7-17(16(2)14-15)20-13-12-19-11-10-18-8-4-3-5-9-18/h6-7,14H,3-5,8-13H2,1-2H3. The van der Waals surface area contributed by atoms with E-state index in [9.17, 15) is 0 Å².